The lowest BCUT2D eigenvalue weighted by Gasteiger charge is -2.20. The third-order valence-electron chi connectivity index (χ3n) is 1.96. The number of hydrogen-bond acceptors (Lipinski definition) is 3. The summed E-state index contributed by atoms with van der Waals surface area (Å²) in [6.45, 7) is 12.7. The SMILES string of the molecule is CCOCC(=CCC(C)C)C(=O)OC(C)(C)C. The molecule has 17 heavy (non-hydrogen) atoms. The minimum absolute atomic E-state index is 0.272. The zero-order chi connectivity index (χ0) is 13.5. The van der Waals surface area contributed by atoms with Crippen molar-refractivity contribution in [1.29, 1.82) is 0 Å². The number of allylic oxidation sites excluding steroid dienone is 1. The highest BCUT2D eigenvalue weighted by molar-refractivity contribution is 5.89. The van der Waals surface area contributed by atoms with Crippen LogP contribution in [0.2, 0.25) is 0 Å². The summed E-state index contributed by atoms with van der Waals surface area (Å²) >= 11 is 0. The van der Waals surface area contributed by atoms with Gasteiger partial charge >= 0.3 is 5.97 Å². The molecule has 0 bridgehead atoms. The van der Waals surface area contributed by atoms with Crippen LogP contribution in [0.4, 0.5) is 0 Å². The number of ether oxygens (including phenoxy) is 2. The molecule has 3 heteroatoms. The highest BCUT2D eigenvalue weighted by Gasteiger charge is 2.19. The van der Waals surface area contributed by atoms with Gasteiger partial charge in [0.1, 0.15) is 5.60 Å². The first-order valence-electron chi connectivity index (χ1n) is 6.26. The Bertz CT molecular complexity index is 259. The normalized spacial score (nSPS) is 13.0. The molecule has 0 N–H and O–H groups in total. The monoisotopic (exact) mass is 242 g/mol. The Kier molecular flexibility index (Phi) is 7.12. The van der Waals surface area contributed by atoms with E-state index in [0.717, 1.165) is 6.42 Å². The van der Waals surface area contributed by atoms with E-state index < -0.39 is 5.60 Å². The molecule has 0 aliphatic carbocycles. The van der Waals surface area contributed by atoms with E-state index in [4.69, 9.17) is 9.47 Å². The van der Waals surface area contributed by atoms with E-state index in [1.54, 1.807) is 0 Å². The fourth-order valence-corrected chi connectivity index (χ4v) is 1.13. The van der Waals surface area contributed by atoms with Crippen LogP contribution < -0.4 is 0 Å². The number of carbonyl (C=O) groups is 1. The van der Waals surface area contributed by atoms with E-state index in [9.17, 15) is 4.79 Å². The molecule has 0 aromatic rings. The maximum atomic E-state index is 11.9. The average Bonchev–Trinajstić information content (AvgIpc) is 2.14. The Hall–Kier alpha value is -0.830. The van der Waals surface area contributed by atoms with Crippen molar-refractivity contribution in [2.45, 2.75) is 53.6 Å². The van der Waals surface area contributed by atoms with Crippen molar-refractivity contribution in [3.05, 3.63) is 11.6 Å². The van der Waals surface area contributed by atoms with Gasteiger partial charge in [-0.1, -0.05) is 19.9 Å². The predicted octanol–water partition coefficient (Wildman–Crippen LogP) is 3.34. The first kappa shape index (κ1) is 16.2. The highest BCUT2D eigenvalue weighted by atomic mass is 16.6. The van der Waals surface area contributed by atoms with Gasteiger partial charge in [-0.15, -0.1) is 0 Å². The molecule has 100 valence electrons. The van der Waals surface area contributed by atoms with Gasteiger partial charge in [-0.25, -0.2) is 4.79 Å². The van der Waals surface area contributed by atoms with Gasteiger partial charge in [0.25, 0.3) is 0 Å². The highest BCUT2D eigenvalue weighted by Crippen LogP contribution is 2.13. The molecule has 0 amide bonds. The molecule has 0 rings (SSSR count). The number of carbonyl (C=O) groups excluding carboxylic acids is 1. The molecule has 0 spiro atoms. The van der Waals surface area contributed by atoms with Gasteiger partial charge < -0.3 is 9.47 Å². The van der Waals surface area contributed by atoms with Crippen LogP contribution in [-0.2, 0) is 14.3 Å². The van der Waals surface area contributed by atoms with Crippen LogP contribution >= 0.6 is 0 Å². The summed E-state index contributed by atoms with van der Waals surface area (Å²) in [5.74, 6) is 0.251. The van der Waals surface area contributed by atoms with Crippen molar-refractivity contribution in [3.63, 3.8) is 0 Å². The van der Waals surface area contributed by atoms with Crippen LogP contribution in [0.3, 0.4) is 0 Å². The van der Waals surface area contributed by atoms with E-state index in [2.05, 4.69) is 13.8 Å². The molecule has 0 atom stereocenters. The largest absolute Gasteiger partial charge is 0.457 e. The summed E-state index contributed by atoms with van der Waals surface area (Å²) in [5, 5.41) is 0. The van der Waals surface area contributed by atoms with Crippen molar-refractivity contribution in [1.82, 2.24) is 0 Å². The summed E-state index contributed by atoms with van der Waals surface area (Å²) < 4.78 is 10.6. The van der Waals surface area contributed by atoms with Crippen LogP contribution in [0.15, 0.2) is 11.6 Å². The minimum Gasteiger partial charge on any atom is -0.457 e. The number of hydrogen-bond donors (Lipinski definition) is 0. The molecule has 0 unspecified atom stereocenters. The molecule has 0 heterocycles. The molecule has 0 aliphatic rings. The van der Waals surface area contributed by atoms with Crippen LogP contribution in [0, 0.1) is 5.92 Å². The molecule has 3 nitrogen and oxygen atoms in total. The molecule has 0 aromatic carbocycles. The Morgan fingerprint density at radius 1 is 1.29 bits per heavy atom. The van der Waals surface area contributed by atoms with Crippen LogP contribution in [0.5, 0.6) is 0 Å². The van der Waals surface area contributed by atoms with E-state index in [0.29, 0.717) is 24.7 Å². The Balaban J connectivity index is 4.56. The van der Waals surface area contributed by atoms with Crippen LogP contribution in [-0.4, -0.2) is 24.8 Å². The van der Waals surface area contributed by atoms with Gasteiger partial charge in [0.15, 0.2) is 0 Å². The van der Waals surface area contributed by atoms with Gasteiger partial charge in [0, 0.05) is 6.61 Å². The Morgan fingerprint density at radius 2 is 1.88 bits per heavy atom. The molecule has 0 saturated heterocycles. The third kappa shape index (κ3) is 8.93. The fourth-order valence-electron chi connectivity index (χ4n) is 1.13. The van der Waals surface area contributed by atoms with E-state index in [1.165, 1.54) is 0 Å². The van der Waals surface area contributed by atoms with Crippen molar-refractivity contribution in [2.75, 3.05) is 13.2 Å². The molecule has 0 aliphatic heterocycles. The standard InChI is InChI=1S/C14H26O3/c1-7-16-10-12(9-8-11(2)3)13(15)17-14(4,5)6/h9,11H,7-8,10H2,1-6H3. The smallest absolute Gasteiger partial charge is 0.336 e. The lowest BCUT2D eigenvalue weighted by molar-refractivity contribution is -0.150. The second-order valence-electron chi connectivity index (χ2n) is 5.50. The second kappa shape index (κ2) is 7.49. The molecule has 0 radical (unpaired) electrons. The average molecular weight is 242 g/mol. The summed E-state index contributed by atoms with van der Waals surface area (Å²) in [4.78, 5) is 11.9. The topological polar surface area (TPSA) is 35.5 Å². The lowest BCUT2D eigenvalue weighted by Crippen LogP contribution is -2.26. The van der Waals surface area contributed by atoms with E-state index in [1.807, 2.05) is 33.8 Å². The number of esters is 1. The molecule has 0 fully saturated rings. The Morgan fingerprint density at radius 3 is 2.29 bits per heavy atom. The maximum absolute atomic E-state index is 11.9. The zero-order valence-electron chi connectivity index (χ0n) is 12.0. The lowest BCUT2D eigenvalue weighted by atomic mass is 10.1. The molecular weight excluding hydrogens is 216 g/mol. The summed E-state index contributed by atoms with van der Waals surface area (Å²) in [5.41, 5.74) is 0.163. The van der Waals surface area contributed by atoms with Gasteiger partial charge in [0.05, 0.1) is 12.2 Å². The maximum Gasteiger partial charge on any atom is 0.336 e. The zero-order valence-corrected chi connectivity index (χ0v) is 12.0. The predicted molar refractivity (Wildman–Crippen MR) is 69.9 cm³/mol. The second-order valence-corrected chi connectivity index (χ2v) is 5.50. The van der Waals surface area contributed by atoms with Gasteiger partial charge in [-0.3, -0.25) is 0 Å². The fraction of sp³-hybridized carbons (Fsp3) is 0.786. The van der Waals surface area contributed by atoms with E-state index in [-0.39, 0.29) is 5.97 Å². The van der Waals surface area contributed by atoms with Crippen molar-refractivity contribution >= 4 is 5.97 Å². The quantitative estimate of drug-likeness (QED) is 0.529. The van der Waals surface area contributed by atoms with E-state index >= 15 is 0 Å². The molecule has 0 saturated carbocycles. The third-order valence-corrected chi connectivity index (χ3v) is 1.96. The van der Waals surface area contributed by atoms with Crippen molar-refractivity contribution in [3.8, 4) is 0 Å². The van der Waals surface area contributed by atoms with Crippen LogP contribution in [0.1, 0.15) is 48.0 Å². The Labute approximate surface area is 105 Å². The number of rotatable bonds is 6. The first-order chi connectivity index (χ1) is 7.76. The summed E-state index contributed by atoms with van der Waals surface area (Å²) in [6.07, 6.45) is 2.79. The van der Waals surface area contributed by atoms with Gasteiger partial charge in [-0.2, -0.15) is 0 Å². The van der Waals surface area contributed by atoms with Crippen molar-refractivity contribution in [2.24, 2.45) is 5.92 Å². The van der Waals surface area contributed by atoms with Crippen LogP contribution in [0.25, 0.3) is 0 Å². The minimum atomic E-state index is -0.458. The van der Waals surface area contributed by atoms with Gasteiger partial charge in [0.2, 0.25) is 0 Å². The molecular formula is C14H26O3. The summed E-state index contributed by atoms with van der Waals surface area (Å²) in [7, 11) is 0. The van der Waals surface area contributed by atoms with Crippen molar-refractivity contribution < 1.29 is 14.3 Å². The molecule has 0 aromatic heterocycles. The van der Waals surface area contributed by atoms with Gasteiger partial charge in [-0.05, 0) is 40.0 Å². The first-order valence-corrected chi connectivity index (χ1v) is 6.26. The summed E-state index contributed by atoms with van der Waals surface area (Å²) in [6, 6.07) is 0.